The summed E-state index contributed by atoms with van der Waals surface area (Å²) in [5, 5.41) is 11.1. The molecule has 2 aromatic heterocycles. The SMILES string of the molecule is CCO[C@]1(C2(C)C=CC(c3cc4c(N5CCN(C(=O)NC(C)C)CC5)ccnn4c3)=NC2)CCCNC1. The maximum Gasteiger partial charge on any atom is 0.317 e. The molecule has 0 bridgehead atoms. The lowest BCUT2D eigenvalue weighted by Crippen LogP contribution is -2.59. The smallest absolute Gasteiger partial charge is 0.317 e. The van der Waals surface area contributed by atoms with Crippen molar-refractivity contribution in [3.05, 3.63) is 42.2 Å². The number of carbonyl (C=O) groups is 1. The number of hydrogen-bond donors (Lipinski definition) is 2. The van der Waals surface area contributed by atoms with Crippen LogP contribution in [-0.2, 0) is 4.74 Å². The van der Waals surface area contributed by atoms with Crippen molar-refractivity contribution in [3.63, 3.8) is 0 Å². The molecule has 0 spiro atoms. The average Bonchev–Trinajstić information content (AvgIpc) is 3.34. The van der Waals surface area contributed by atoms with Gasteiger partial charge < -0.3 is 25.2 Å². The molecule has 200 valence electrons. The van der Waals surface area contributed by atoms with Crippen LogP contribution in [0, 0.1) is 5.41 Å². The zero-order valence-corrected chi connectivity index (χ0v) is 22.7. The van der Waals surface area contributed by atoms with Gasteiger partial charge in [0.05, 0.1) is 29.1 Å². The van der Waals surface area contributed by atoms with Crippen LogP contribution in [0.5, 0.6) is 0 Å². The number of ether oxygens (including phenoxy) is 1. The van der Waals surface area contributed by atoms with Crippen molar-refractivity contribution in [2.75, 3.05) is 57.3 Å². The number of carbonyl (C=O) groups excluding carboxylic acids is 1. The first-order valence-electron chi connectivity index (χ1n) is 13.7. The molecular weight excluding hydrogens is 466 g/mol. The van der Waals surface area contributed by atoms with Crippen molar-refractivity contribution >= 4 is 22.9 Å². The zero-order valence-electron chi connectivity index (χ0n) is 22.7. The first kappa shape index (κ1) is 25.7. The second-order valence-corrected chi connectivity index (χ2v) is 11.0. The Hall–Kier alpha value is -2.91. The van der Waals surface area contributed by atoms with E-state index in [0.29, 0.717) is 26.2 Å². The summed E-state index contributed by atoms with van der Waals surface area (Å²) in [6, 6.07) is 4.42. The topological polar surface area (TPSA) is 86.5 Å². The van der Waals surface area contributed by atoms with Gasteiger partial charge in [0, 0.05) is 68.7 Å². The third-order valence-electron chi connectivity index (χ3n) is 8.09. The van der Waals surface area contributed by atoms with E-state index >= 15 is 0 Å². The van der Waals surface area contributed by atoms with E-state index in [1.54, 1.807) is 0 Å². The number of dihydropyridines is 1. The summed E-state index contributed by atoms with van der Waals surface area (Å²) < 4.78 is 8.34. The van der Waals surface area contributed by atoms with Crippen molar-refractivity contribution in [2.45, 2.75) is 52.2 Å². The molecule has 2 fully saturated rings. The number of fused-ring (bicyclic) bond motifs is 1. The number of amides is 2. The fraction of sp³-hybridized carbons (Fsp3) is 0.607. The molecule has 9 nitrogen and oxygen atoms in total. The number of allylic oxidation sites excluding steroid dienone is 1. The molecule has 2 N–H and O–H groups in total. The normalized spacial score (nSPS) is 26.6. The molecule has 2 aromatic rings. The number of nitrogens with one attached hydrogen (secondary N) is 2. The summed E-state index contributed by atoms with van der Waals surface area (Å²) in [5.74, 6) is 0. The monoisotopic (exact) mass is 507 g/mol. The number of piperazine rings is 1. The van der Waals surface area contributed by atoms with Gasteiger partial charge in [0.25, 0.3) is 0 Å². The van der Waals surface area contributed by atoms with Crippen LogP contribution in [0.15, 0.2) is 41.7 Å². The predicted octanol–water partition coefficient (Wildman–Crippen LogP) is 3.10. The van der Waals surface area contributed by atoms with Gasteiger partial charge in [-0.1, -0.05) is 13.0 Å². The van der Waals surface area contributed by atoms with Crippen molar-refractivity contribution in [2.24, 2.45) is 10.4 Å². The minimum absolute atomic E-state index is 0.0173. The molecule has 0 radical (unpaired) electrons. The van der Waals surface area contributed by atoms with Gasteiger partial charge >= 0.3 is 6.03 Å². The van der Waals surface area contributed by atoms with Crippen LogP contribution in [0.25, 0.3) is 5.52 Å². The van der Waals surface area contributed by atoms with Gasteiger partial charge in [-0.25, -0.2) is 9.31 Å². The molecule has 2 atom stereocenters. The van der Waals surface area contributed by atoms with Gasteiger partial charge in [-0.15, -0.1) is 0 Å². The molecular formula is C28H41N7O2. The van der Waals surface area contributed by atoms with Gasteiger partial charge in [-0.2, -0.15) is 5.10 Å². The fourth-order valence-electron chi connectivity index (χ4n) is 5.93. The van der Waals surface area contributed by atoms with Crippen LogP contribution >= 0.6 is 0 Å². The quantitative estimate of drug-likeness (QED) is 0.628. The maximum absolute atomic E-state index is 12.4. The van der Waals surface area contributed by atoms with E-state index < -0.39 is 0 Å². The Balaban J connectivity index is 1.32. The third kappa shape index (κ3) is 4.99. The molecule has 3 aliphatic rings. The van der Waals surface area contributed by atoms with Crippen LogP contribution in [0.3, 0.4) is 0 Å². The van der Waals surface area contributed by atoms with Crippen molar-refractivity contribution in [3.8, 4) is 0 Å². The van der Waals surface area contributed by atoms with Crippen LogP contribution in [0.1, 0.15) is 46.1 Å². The highest BCUT2D eigenvalue weighted by Gasteiger charge is 2.49. The second-order valence-electron chi connectivity index (χ2n) is 11.0. The van der Waals surface area contributed by atoms with E-state index in [4.69, 9.17) is 9.73 Å². The lowest BCUT2D eigenvalue weighted by atomic mass is 9.68. The van der Waals surface area contributed by atoms with E-state index in [2.05, 4.69) is 65.0 Å². The van der Waals surface area contributed by atoms with Gasteiger partial charge in [0.1, 0.15) is 0 Å². The summed E-state index contributed by atoms with van der Waals surface area (Å²) in [6.45, 7) is 14.6. The fourth-order valence-corrected chi connectivity index (χ4v) is 5.93. The molecule has 1 unspecified atom stereocenters. The molecule has 0 saturated carbocycles. The number of anilines is 1. The van der Waals surface area contributed by atoms with E-state index in [-0.39, 0.29) is 23.1 Å². The van der Waals surface area contributed by atoms with Crippen LogP contribution < -0.4 is 15.5 Å². The van der Waals surface area contributed by atoms with E-state index in [1.165, 1.54) is 0 Å². The molecule has 2 saturated heterocycles. The largest absolute Gasteiger partial charge is 0.373 e. The Kier molecular flexibility index (Phi) is 7.27. The standard InChI is InChI=1S/C28H41N7O2/c1-5-37-28(9-6-11-29-20-28)27(4)10-7-23(30-19-27)22-17-25-24(8-12-31-35(25)18-22)33-13-15-34(16-14-33)26(36)32-21(2)3/h7-8,10,12,17-18,21,29H,5-6,9,11,13-16,19-20H2,1-4H3,(H,32,36)/t27?,28-/m1/s1. The highest BCUT2D eigenvalue weighted by Crippen LogP contribution is 2.42. The Bertz CT molecular complexity index is 1170. The number of piperidine rings is 1. The highest BCUT2D eigenvalue weighted by atomic mass is 16.5. The summed E-state index contributed by atoms with van der Waals surface area (Å²) in [6.07, 6.45) is 10.6. The van der Waals surface area contributed by atoms with Crippen LogP contribution in [0.4, 0.5) is 10.5 Å². The summed E-state index contributed by atoms with van der Waals surface area (Å²) in [7, 11) is 0. The van der Waals surface area contributed by atoms with E-state index in [1.807, 2.05) is 29.5 Å². The summed E-state index contributed by atoms with van der Waals surface area (Å²) in [5.41, 5.74) is 3.88. The van der Waals surface area contributed by atoms with E-state index in [0.717, 1.165) is 61.5 Å². The van der Waals surface area contributed by atoms with Crippen LogP contribution in [-0.4, -0.2) is 90.3 Å². The second kappa shape index (κ2) is 10.5. The maximum atomic E-state index is 12.4. The minimum atomic E-state index is -0.222. The summed E-state index contributed by atoms with van der Waals surface area (Å²) >= 11 is 0. The van der Waals surface area contributed by atoms with Gasteiger partial charge in [0.2, 0.25) is 0 Å². The number of aliphatic imine (C=N–C) groups is 1. The molecule has 0 aliphatic carbocycles. The number of urea groups is 1. The Morgan fingerprint density at radius 2 is 2.08 bits per heavy atom. The third-order valence-corrected chi connectivity index (χ3v) is 8.09. The van der Waals surface area contributed by atoms with Crippen molar-refractivity contribution in [1.29, 1.82) is 0 Å². The molecule has 5 heterocycles. The summed E-state index contributed by atoms with van der Waals surface area (Å²) in [4.78, 5) is 21.7. The Morgan fingerprint density at radius 3 is 2.73 bits per heavy atom. The highest BCUT2D eigenvalue weighted by molar-refractivity contribution is 6.10. The number of hydrogen-bond acceptors (Lipinski definition) is 6. The lowest BCUT2D eigenvalue weighted by Gasteiger charge is -2.49. The average molecular weight is 508 g/mol. The molecule has 2 amide bonds. The molecule has 9 heteroatoms. The van der Waals surface area contributed by atoms with E-state index in [9.17, 15) is 4.79 Å². The Morgan fingerprint density at radius 1 is 1.27 bits per heavy atom. The lowest BCUT2D eigenvalue weighted by molar-refractivity contribution is -0.117. The minimum Gasteiger partial charge on any atom is -0.373 e. The van der Waals surface area contributed by atoms with Gasteiger partial charge in [-0.05, 0) is 58.4 Å². The molecule has 5 rings (SSSR count). The zero-order chi connectivity index (χ0) is 26.0. The van der Waals surface area contributed by atoms with Crippen LogP contribution in [0.2, 0.25) is 0 Å². The molecule has 3 aliphatic heterocycles. The Labute approximate surface area is 219 Å². The first-order valence-corrected chi connectivity index (χ1v) is 13.7. The van der Waals surface area contributed by atoms with Gasteiger partial charge in [0.15, 0.2) is 0 Å². The van der Waals surface area contributed by atoms with Crippen molar-refractivity contribution in [1.82, 2.24) is 25.1 Å². The number of aromatic nitrogens is 2. The number of nitrogens with zero attached hydrogens (tertiary/aromatic N) is 5. The molecule has 37 heavy (non-hydrogen) atoms. The number of rotatable bonds is 6. The first-order chi connectivity index (χ1) is 17.8. The predicted molar refractivity (Wildman–Crippen MR) is 148 cm³/mol. The van der Waals surface area contributed by atoms with Gasteiger partial charge in [-0.3, -0.25) is 4.99 Å². The molecule has 0 aromatic carbocycles. The van der Waals surface area contributed by atoms with Crippen molar-refractivity contribution < 1.29 is 9.53 Å².